The largest absolute Gasteiger partial charge is 0.396 e. The number of nitrogens with zero attached hydrogens (tertiary/aromatic N) is 1. The Morgan fingerprint density at radius 2 is 2.50 bits per heavy atom. The molecule has 0 saturated carbocycles. The summed E-state index contributed by atoms with van der Waals surface area (Å²) in [5.41, 5.74) is 6.35. The first-order valence-corrected chi connectivity index (χ1v) is 4.51. The molecule has 1 atom stereocenters. The van der Waals surface area contributed by atoms with Crippen molar-refractivity contribution in [3.8, 4) is 6.07 Å². The van der Waals surface area contributed by atoms with Crippen LogP contribution in [0.3, 0.4) is 0 Å². The Morgan fingerprint density at radius 3 is 3.08 bits per heavy atom. The zero-order valence-corrected chi connectivity index (χ0v) is 7.34. The summed E-state index contributed by atoms with van der Waals surface area (Å²) in [7, 11) is 0. The van der Waals surface area contributed by atoms with Crippen molar-refractivity contribution in [2.45, 2.75) is 12.5 Å². The molecule has 1 rings (SSSR count). The molecule has 1 aromatic rings. The minimum Gasteiger partial charge on any atom is -0.396 e. The van der Waals surface area contributed by atoms with Gasteiger partial charge in [-0.15, -0.1) is 11.3 Å². The number of rotatable bonds is 3. The monoisotopic (exact) mass is 182 g/mol. The van der Waals surface area contributed by atoms with E-state index in [0.29, 0.717) is 12.0 Å². The van der Waals surface area contributed by atoms with Crippen LogP contribution in [-0.2, 0) is 0 Å². The Bertz CT molecular complexity index is 289. The zero-order valence-electron chi connectivity index (χ0n) is 6.53. The van der Waals surface area contributed by atoms with Crippen molar-refractivity contribution in [1.29, 1.82) is 5.26 Å². The summed E-state index contributed by atoms with van der Waals surface area (Å²) in [6.45, 7) is 0.0595. The van der Waals surface area contributed by atoms with Gasteiger partial charge in [0.25, 0.3) is 0 Å². The van der Waals surface area contributed by atoms with Gasteiger partial charge in [0.2, 0.25) is 0 Å². The van der Waals surface area contributed by atoms with Crippen LogP contribution in [0.1, 0.15) is 22.9 Å². The highest BCUT2D eigenvalue weighted by molar-refractivity contribution is 7.10. The fraction of sp³-hybridized carbons (Fsp3) is 0.375. The van der Waals surface area contributed by atoms with Crippen molar-refractivity contribution in [3.05, 3.63) is 21.9 Å². The van der Waals surface area contributed by atoms with Crippen molar-refractivity contribution >= 4 is 11.3 Å². The van der Waals surface area contributed by atoms with Crippen molar-refractivity contribution in [2.24, 2.45) is 5.73 Å². The molecule has 3 N–H and O–H groups in total. The minimum atomic E-state index is -0.204. The van der Waals surface area contributed by atoms with Crippen LogP contribution >= 0.6 is 11.3 Å². The highest BCUT2D eigenvalue weighted by Crippen LogP contribution is 2.23. The Kier molecular flexibility index (Phi) is 3.23. The second-order valence-electron chi connectivity index (χ2n) is 2.43. The molecule has 0 bridgehead atoms. The molecule has 64 valence electrons. The first-order chi connectivity index (χ1) is 5.79. The van der Waals surface area contributed by atoms with Crippen molar-refractivity contribution in [2.75, 3.05) is 6.61 Å². The molecule has 3 nitrogen and oxygen atoms in total. The molecule has 0 aliphatic carbocycles. The maximum absolute atomic E-state index is 8.66. The molecule has 0 amide bonds. The number of thiophene rings is 1. The Morgan fingerprint density at radius 1 is 1.75 bits per heavy atom. The summed E-state index contributed by atoms with van der Waals surface area (Å²) < 4.78 is 0. The topological polar surface area (TPSA) is 70.0 Å². The number of aliphatic hydroxyl groups is 1. The first-order valence-electron chi connectivity index (χ1n) is 3.63. The van der Waals surface area contributed by atoms with Gasteiger partial charge >= 0.3 is 0 Å². The maximum atomic E-state index is 8.66. The molecule has 0 aliphatic heterocycles. The van der Waals surface area contributed by atoms with Crippen LogP contribution in [0.15, 0.2) is 11.4 Å². The molecule has 1 heterocycles. The average molecular weight is 182 g/mol. The molecule has 0 aromatic carbocycles. The SMILES string of the molecule is N#Cc1ccsc1[C@@H](N)CCO. The van der Waals surface area contributed by atoms with E-state index in [1.165, 1.54) is 11.3 Å². The van der Waals surface area contributed by atoms with Crippen LogP contribution in [0, 0.1) is 11.3 Å². The Balaban J connectivity index is 2.80. The highest BCUT2D eigenvalue weighted by Gasteiger charge is 2.11. The second-order valence-corrected chi connectivity index (χ2v) is 3.38. The Hall–Kier alpha value is -0.890. The highest BCUT2D eigenvalue weighted by atomic mass is 32.1. The smallest absolute Gasteiger partial charge is 0.100 e. The maximum Gasteiger partial charge on any atom is 0.100 e. The number of hydrogen-bond acceptors (Lipinski definition) is 4. The van der Waals surface area contributed by atoms with Gasteiger partial charge in [0.15, 0.2) is 0 Å². The molecular formula is C8H10N2OS. The molecule has 1 aromatic heterocycles. The lowest BCUT2D eigenvalue weighted by atomic mass is 10.1. The molecule has 0 unspecified atom stereocenters. The van der Waals surface area contributed by atoms with Crippen LogP contribution in [-0.4, -0.2) is 11.7 Å². The lowest BCUT2D eigenvalue weighted by molar-refractivity contribution is 0.277. The third kappa shape index (κ3) is 1.83. The third-order valence-electron chi connectivity index (χ3n) is 1.59. The number of aliphatic hydroxyl groups excluding tert-OH is 1. The first kappa shape index (κ1) is 9.20. The number of nitriles is 1. The lowest BCUT2D eigenvalue weighted by Gasteiger charge is -2.06. The van der Waals surface area contributed by atoms with E-state index < -0.39 is 0 Å². The molecule has 0 radical (unpaired) electrons. The van der Waals surface area contributed by atoms with E-state index in [4.69, 9.17) is 16.1 Å². The normalized spacial score (nSPS) is 12.4. The fourth-order valence-electron chi connectivity index (χ4n) is 0.971. The van der Waals surface area contributed by atoms with Gasteiger partial charge in [0.1, 0.15) is 6.07 Å². The van der Waals surface area contributed by atoms with E-state index in [-0.39, 0.29) is 12.6 Å². The second kappa shape index (κ2) is 4.21. The third-order valence-corrected chi connectivity index (χ3v) is 2.64. The molecule has 4 heteroatoms. The summed E-state index contributed by atoms with van der Waals surface area (Å²) >= 11 is 1.46. The summed E-state index contributed by atoms with van der Waals surface area (Å²) in [6.07, 6.45) is 0.509. The van der Waals surface area contributed by atoms with Gasteiger partial charge in [0.05, 0.1) is 5.56 Å². The van der Waals surface area contributed by atoms with Gasteiger partial charge in [-0.05, 0) is 17.9 Å². The van der Waals surface area contributed by atoms with Crippen molar-refractivity contribution in [1.82, 2.24) is 0 Å². The van der Waals surface area contributed by atoms with Gasteiger partial charge in [-0.25, -0.2) is 0 Å². The minimum absolute atomic E-state index is 0.0595. The van der Waals surface area contributed by atoms with E-state index in [1.54, 1.807) is 6.07 Å². The molecule has 12 heavy (non-hydrogen) atoms. The van der Waals surface area contributed by atoms with Crippen LogP contribution in [0.2, 0.25) is 0 Å². The number of nitrogens with two attached hydrogens (primary N) is 1. The van der Waals surface area contributed by atoms with Gasteiger partial charge in [-0.3, -0.25) is 0 Å². The van der Waals surface area contributed by atoms with Crippen molar-refractivity contribution in [3.63, 3.8) is 0 Å². The van der Waals surface area contributed by atoms with E-state index >= 15 is 0 Å². The van der Waals surface area contributed by atoms with E-state index in [2.05, 4.69) is 6.07 Å². The van der Waals surface area contributed by atoms with Crippen LogP contribution in [0.4, 0.5) is 0 Å². The zero-order chi connectivity index (χ0) is 8.97. The van der Waals surface area contributed by atoms with Crippen LogP contribution in [0.5, 0.6) is 0 Å². The Labute approximate surface area is 75.1 Å². The van der Waals surface area contributed by atoms with E-state index in [1.807, 2.05) is 5.38 Å². The molecule has 0 saturated heterocycles. The summed E-state index contributed by atoms with van der Waals surface area (Å²) in [4.78, 5) is 0.867. The summed E-state index contributed by atoms with van der Waals surface area (Å²) in [6, 6.07) is 3.61. The van der Waals surface area contributed by atoms with E-state index in [0.717, 1.165) is 4.88 Å². The number of hydrogen-bond donors (Lipinski definition) is 2. The van der Waals surface area contributed by atoms with Crippen LogP contribution in [0.25, 0.3) is 0 Å². The molecule has 0 spiro atoms. The summed E-state index contributed by atoms with van der Waals surface area (Å²) in [5.74, 6) is 0. The predicted molar refractivity (Wildman–Crippen MR) is 47.7 cm³/mol. The van der Waals surface area contributed by atoms with Gasteiger partial charge in [-0.1, -0.05) is 0 Å². The lowest BCUT2D eigenvalue weighted by Crippen LogP contribution is -2.11. The van der Waals surface area contributed by atoms with Crippen molar-refractivity contribution < 1.29 is 5.11 Å². The van der Waals surface area contributed by atoms with E-state index in [9.17, 15) is 0 Å². The van der Waals surface area contributed by atoms with Gasteiger partial charge in [0, 0.05) is 17.5 Å². The standard InChI is InChI=1S/C8H10N2OS/c9-5-6-2-4-12-8(6)7(10)1-3-11/h2,4,7,11H,1,3,10H2/t7-/m0/s1. The predicted octanol–water partition coefficient (Wildman–Crippen LogP) is 1.00. The molecule has 0 aliphatic rings. The summed E-state index contributed by atoms with van der Waals surface area (Å²) in [5, 5.41) is 19.1. The average Bonchev–Trinajstić information content (AvgIpc) is 2.51. The molecular weight excluding hydrogens is 172 g/mol. The van der Waals surface area contributed by atoms with Gasteiger partial charge in [-0.2, -0.15) is 5.26 Å². The van der Waals surface area contributed by atoms with Gasteiger partial charge < -0.3 is 10.8 Å². The van der Waals surface area contributed by atoms with Crippen LogP contribution < -0.4 is 5.73 Å². The molecule has 0 fully saturated rings. The fourth-order valence-corrected chi connectivity index (χ4v) is 1.85. The quantitative estimate of drug-likeness (QED) is 0.732.